The van der Waals surface area contributed by atoms with Crippen LogP contribution in [0, 0.1) is 6.92 Å². The van der Waals surface area contributed by atoms with Crippen molar-refractivity contribution in [3.63, 3.8) is 0 Å². The molecule has 0 bridgehead atoms. The van der Waals surface area contributed by atoms with Gasteiger partial charge in [0.1, 0.15) is 0 Å². The minimum atomic E-state index is -0.0651. The highest BCUT2D eigenvalue weighted by molar-refractivity contribution is 5.13. The number of hydrogen-bond donors (Lipinski definition) is 1. The predicted octanol–water partition coefficient (Wildman–Crippen LogP) is 1.22. The van der Waals surface area contributed by atoms with Crippen molar-refractivity contribution < 1.29 is 4.74 Å². The summed E-state index contributed by atoms with van der Waals surface area (Å²) in [6.07, 6.45) is 0. The third-order valence-corrected chi connectivity index (χ3v) is 1.51. The van der Waals surface area contributed by atoms with Gasteiger partial charge in [0.15, 0.2) is 0 Å². The van der Waals surface area contributed by atoms with Crippen LogP contribution in [0.1, 0.15) is 18.2 Å². The molecule has 0 aliphatic heterocycles. The van der Waals surface area contributed by atoms with Crippen molar-refractivity contribution in [3.8, 4) is 0 Å². The molecule has 0 amide bonds. The lowest BCUT2D eigenvalue weighted by atomic mass is 10.2. The minimum absolute atomic E-state index is 0.0651. The number of aromatic nitrogens is 1. The Bertz CT molecular complexity index is 304. The Balaban J connectivity index is 2.79. The van der Waals surface area contributed by atoms with Gasteiger partial charge in [0, 0.05) is 18.4 Å². The topological polar surface area (TPSA) is 42.1 Å². The first-order chi connectivity index (χ1) is 5.72. The number of rotatable bonds is 3. The average molecular weight is 167 g/mol. The quantitative estimate of drug-likeness (QED) is 0.735. The minimum Gasteiger partial charge on any atom is -0.376 e. The van der Waals surface area contributed by atoms with Gasteiger partial charge in [-0.3, -0.25) is 4.79 Å². The summed E-state index contributed by atoms with van der Waals surface area (Å²) >= 11 is 0. The van der Waals surface area contributed by atoms with E-state index in [1.165, 1.54) is 0 Å². The summed E-state index contributed by atoms with van der Waals surface area (Å²) < 4.78 is 5.16. The van der Waals surface area contributed by atoms with Gasteiger partial charge in [-0.1, -0.05) is 0 Å². The fourth-order valence-corrected chi connectivity index (χ4v) is 1.04. The van der Waals surface area contributed by atoms with Crippen LogP contribution in [-0.4, -0.2) is 11.6 Å². The van der Waals surface area contributed by atoms with Gasteiger partial charge in [0.05, 0.1) is 6.61 Å². The molecule has 12 heavy (non-hydrogen) atoms. The van der Waals surface area contributed by atoms with Crippen molar-refractivity contribution >= 4 is 0 Å². The van der Waals surface area contributed by atoms with E-state index < -0.39 is 0 Å². The SMILES string of the molecule is CCOCc1cc(C)cc(=O)[nH]1. The standard InChI is InChI=1S/C9H13NO2/c1-3-12-6-8-4-7(2)5-9(11)10-8/h4-5H,3,6H2,1-2H3,(H,10,11). The van der Waals surface area contributed by atoms with Gasteiger partial charge in [-0.05, 0) is 25.5 Å². The molecule has 0 radical (unpaired) electrons. The van der Waals surface area contributed by atoms with Crippen molar-refractivity contribution in [3.05, 3.63) is 33.7 Å². The van der Waals surface area contributed by atoms with Gasteiger partial charge >= 0.3 is 0 Å². The number of aryl methyl sites for hydroxylation is 1. The molecular formula is C9H13NO2. The van der Waals surface area contributed by atoms with Gasteiger partial charge in [0.25, 0.3) is 0 Å². The second kappa shape index (κ2) is 4.07. The summed E-state index contributed by atoms with van der Waals surface area (Å²) in [6, 6.07) is 3.48. The molecule has 0 aliphatic rings. The number of aromatic amines is 1. The molecule has 66 valence electrons. The zero-order valence-corrected chi connectivity index (χ0v) is 7.39. The Kier molecular flexibility index (Phi) is 3.05. The highest BCUT2D eigenvalue weighted by Gasteiger charge is 1.94. The van der Waals surface area contributed by atoms with Crippen LogP contribution < -0.4 is 5.56 Å². The van der Waals surface area contributed by atoms with Crippen LogP contribution in [0.2, 0.25) is 0 Å². The van der Waals surface area contributed by atoms with Crippen LogP contribution in [0.25, 0.3) is 0 Å². The summed E-state index contributed by atoms with van der Waals surface area (Å²) in [4.78, 5) is 13.7. The first-order valence-electron chi connectivity index (χ1n) is 4.00. The van der Waals surface area contributed by atoms with E-state index in [2.05, 4.69) is 4.98 Å². The lowest BCUT2D eigenvalue weighted by Crippen LogP contribution is -2.09. The summed E-state index contributed by atoms with van der Waals surface area (Å²) in [5.74, 6) is 0. The normalized spacial score (nSPS) is 10.2. The Morgan fingerprint density at radius 3 is 2.83 bits per heavy atom. The van der Waals surface area contributed by atoms with E-state index in [0.29, 0.717) is 13.2 Å². The molecule has 0 aromatic carbocycles. The number of ether oxygens (including phenoxy) is 1. The second-order valence-corrected chi connectivity index (χ2v) is 2.68. The van der Waals surface area contributed by atoms with Gasteiger partial charge in [-0.25, -0.2) is 0 Å². The predicted molar refractivity (Wildman–Crippen MR) is 47.1 cm³/mol. The van der Waals surface area contributed by atoms with E-state index >= 15 is 0 Å². The summed E-state index contributed by atoms with van der Waals surface area (Å²) in [6.45, 7) is 4.96. The van der Waals surface area contributed by atoms with Crippen molar-refractivity contribution in [1.82, 2.24) is 4.98 Å². The highest BCUT2D eigenvalue weighted by Crippen LogP contribution is 1.98. The Morgan fingerprint density at radius 1 is 1.50 bits per heavy atom. The second-order valence-electron chi connectivity index (χ2n) is 2.68. The molecule has 0 spiro atoms. The fraction of sp³-hybridized carbons (Fsp3) is 0.444. The molecule has 1 aromatic heterocycles. The average Bonchev–Trinajstić information content (AvgIpc) is 1.99. The van der Waals surface area contributed by atoms with E-state index in [-0.39, 0.29) is 5.56 Å². The summed E-state index contributed by atoms with van der Waals surface area (Å²) in [5, 5.41) is 0. The third kappa shape index (κ3) is 2.51. The molecule has 1 rings (SSSR count). The molecule has 0 atom stereocenters. The molecule has 0 saturated carbocycles. The van der Waals surface area contributed by atoms with Gasteiger partial charge in [-0.15, -0.1) is 0 Å². The Morgan fingerprint density at radius 2 is 2.25 bits per heavy atom. The molecule has 1 aromatic rings. The summed E-state index contributed by atoms with van der Waals surface area (Å²) in [5.41, 5.74) is 1.74. The van der Waals surface area contributed by atoms with E-state index in [9.17, 15) is 4.79 Å². The molecule has 1 N–H and O–H groups in total. The summed E-state index contributed by atoms with van der Waals surface area (Å²) in [7, 11) is 0. The van der Waals surface area contributed by atoms with Crippen molar-refractivity contribution in [2.75, 3.05) is 6.61 Å². The van der Waals surface area contributed by atoms with Crippen LogP contribution >= 0.6 is 0 Å². The maximum absolute atomic E-state index is 11.0. The first kappa shape index (κ1) is 9.00. The Labute approximate surface area is 71.4 Å². The molecular weight excluding hydrogens is 154 g/mol. The van der Waals surface area contributed by atoms with Gasteiger partial charge < -0.3 is 9.72 Å². The fourth-order valence-electron chi connectivity index (χ4n) is 1.04. The molecule has 0 aliphatic carbocycles. The highest BCUT2D eigenvalue weighted by atomic mass is 16.5. The van der Waals surface area contributed by atoms with Crippen molar-refractivity contribution in [1.29, 1.82) is 0 Å². The van der Waals surface area contributed by atoms with Crippen LogP contribution in [0.5, 0.6) is 0 Å². The molecule has 0 fully saturated rings. The van der Waals surface area contributed by atoms with E-state index in [1.54, 1.807) is 6.07 Å². The lowest BCUT2D eigenvalue weighted by Gasteiger charge is -2.01. The van der Waals surface area contributed by atoms with Crippen LogP contribution in [-0.2, 0) is 11.3 Å². The molecule has 0 unspecified atom stereocenters. The number of hydrogen-bond acceptors (Lipinski definition) is 2. The molecule has 3 nitrogen and oxygen atoms in total. The van der Waals surface area contributed by atoms with Crippen LogP contribution in [0.3, 0.4) is 0 Å². The third-order valence-electron chi connectivity index (χ3n) is 1.51. The largest absolute Gasteiger partial charge is 0.376 e. The van der Waals surface area contributed by atoms with Gasteiger partial charge in [-0.2, -0.15) is 0 Å². The van der Waals surface area contributed by atoms with Gasteiger partial charge in [0.2, 0.25) is 5.56 Å². The van der Waals surface area contributed by atoms with E-state index in [1.807, 2.05) is 19.9 Å². The first-order valence-corrected chi connectivity index (χ1v) is 4.00. The zero-order valence-electron chi connectivity index (χ0n) is 7.39. The monoisotopic (exact) mass is 167 g/mol. The van der Waals surface area contributed by atoms with Crippen molar-refractivity contribution in [2.24, 2.45) is 0 Å². The molecule has 0 saturated heterocycles. The van der Waals surface area contributed by atoms with E-state index in [0.717, 1.165) is 11.3 Å². The van der Waals surface area contributed by atoms with Crippen molar-refractivity contribution in [2.45, 2.75) is 20.5 Å². The smallest absolute Gasteiger partial charge is 0.248 e. The van der Waals surface area contributed by atoms with Crippen LogP contribution in [0.4, 0.5) is 0 Å². The Hall–Kier alpha value is -1.09. The maximum atomic E-state index is 11.0. The molecule has 1 heterocycles. The van der Waals surface area contributed by atoms with Crippen LogP contribution in [0.15, 0.2) is 16.9 Å². The molecule has 3 heteroatoms. The number of nitrogens with one attached hydrogen (secondary N) is 1. The van der Waals surface area contributed by atoms with E-state index in [4.69, 9.17) is 4.74 Å². The number of H-pyrrole nitrogens is 1. The zero-order chi connectivity index (χ0) is 8.97. The number of pyridine rings is 1. The maximum Gasteiger partial charge on any atom is 0.248 e. The lowest BCUT2D eigenvalue weighted by molar-refractivity contribution is 0.131.